The Kier molecular flexibility index (Phi) is 5.08. The molecule has 4 aromatic rings. The fourth-order valence-electron chi connectivity index (χ4n) is 3.31. The molecule has 154 valence electrons. The van der Waals surface area contributed by atoms with Crippen LogP contribution in [0.25, 0.3) is 11.3 Å². The van der Waals surface area contributed by atoms with Crippen molar-refractivity contribution in [3.8, 4) is 11.3 Å². The lowest BCUT2D eigenvalue weighted by Crippen LogP contribution is -2.41. The molecule has 0 aliphatic heterocycles. The number of hydrogen-bond acceptors (Lipinski definition) is 5. The van der Waals surface area contributed by atoms with E-state index in [-0.39, 0.29) is 12.1 Å². The second-order valence-electron chi connectivity index (χ2n) is 6.91. The van der Waals surface area contributed by atoms with E-state index in [1.165, 1.54) is 46.4 Å². The molecule has 4 rings (SSSR count). The van der Waals surface area contributed by atoms with E-state index in [9.17, 15) is 18.3 Å². The number of hydrogen-bond donors (Lipinski definition) is 1. The van der Waals surface area contributed by atoms with Crippen molar-refractivity contribution < 1.29 is 18.3 Å². The van der Waals surface area contributed by atoms with E-state index >= 15 is 0 Å². The van der Waals surface area contributed by atoms with Crippen LogP contribution in [0.5, 0.6) is 0 Å². The predicted octanol–water partition coefficient (Wildman–Crippen LogP) is 3.10. The monoisotopic (exact) mass is 414 g/mol. The molecule has 30 heavy (non-hydrogen) atoms. The summed E-state index contributed by atoms with van der Waals surface area (Å²) in [6, 6.07) is 7.93. The number of aromatic nitrogens is 6. The van der Waals surface area contributed by atoms with Gasteiger partial charge >= 0.3 is 0 Å². The smallest absolute Gasteiger partial charge is 0.137 e. The van der Waals surface area contributed by atoms with Crippen LogP contribution in [0.4, 0.5) is 13.2 Å². The lowest BCUT2D eigenvalue weighted by atomic mass is 9.86. The third-order valence-electron chi connectivity index (χ3n) is 4.99. The lowest BCUT2D eigenvalue weighted by molar-refractivity contribution is -0.0374. The van der Waals surface area contributed by atoms with Crippen molar-refractivity contribution in [1.29, 1.82) is 0 Å². The maximum absolute atomic E-state index is 14.6. The topological polar surface area (TPSA) is 81.6 Å². The van der Waals surface area contributed by atoms with Crippen LogP contribution in [0.2, 0.25) is 0 Å². The fraction of sp³-hybridized carbons (Fsp3) is 0.200. The van der Waals surface area contributed by atoms with Gasteiger partial charge in [-0.05, 0) is 25.1 Å². The molecule has 0 fully saturated rings. The number of aliphatic hydroxyl groups is 1. The highest BCUT2D eigenvalue weighted by molar-refractivity contribution is 5.57. The van der Waals surface area contributed by atoms with Crippen LogP contribution < -0.4 is 0 Å². The predicted molar refractivity (Wildman–Crippen MR) is 100 cm³/mol. The number of nitrogens with zero attached hydrogens (tertiary/aromatic N) is 6. The van der Waals surface area contributed by atoms with Crippen LogP contribution in [-0.4, -0.2) is 34.9 Å². The molecule has 0 spiro atoms. The molecule has 1 N–H and O–H groups in total. The summed E-state index contributed by atoms with van der Waals surface area (Å²) < 4.78 is 44.3. The van der Waals surface area contributed by atoms with Gasteiger partial charge < -0.3 is 5.11 Å². The van der Waals surface area contributed by atoms with Crippen molar-refractivity contribution in [1.82, 2.24) is 29.8 Å². The molecule has 2 heterocycles. The molecule has 10 heteroatoms. The minimum Gasteiger partial charge on any atom is -0.381 e. The summed E-state index contributed by atoms with van der Waals surface area (Å²) in [7, 11) is 0. The van der Waals surface area contributed by atoms with E-state index in [1.54, 1.807) is 19.1 Å². The summed E-state index contributed by atoms with van der Waals surface area (Å²) in [5.74, 6) is -2.10. The number of rotatable bonds is 6. The van der Waals surface area contributed by atoms with Gasteiger partial charge in [-0.2, -0.15) is 5.10 Å². The molecule has 2 atom stereocenters. The van der Waals surface area contributed by atoms with Gasteiger partial charge in [0, 0.05) is 17.2 Å². The molecule has 0 aliphatic rings. The van der Waals surface area contributed by atoms with Crippen molar-refractivity contribution in [2.75, 3.05) is 0 Å². The van der Waals surface area contributed by atoms with Gasteiger partial charge in [-0.25, -0.2) is 27.5 Å². The first kappa shape index (κ1) is 19.8. The van der Waals surface area contributed by atoms with E-state index in [0.717, 1.165) is 6.07 Å². The van der Waals surface area contributed by atoms with Crippen LogP contribution in [-0.2, 0) is 12.1 Å². The Hall–Kier alpha value is -3.53. The Morgan fingerprint density at radius 3 is 2.60 bits per heavy atom. The van der Waals surface area contributed by atoms with E-state index in [4.69, 9.17) is 0 Å². The standard InChI is InChI=1S/C20H17F3N6O/c1-13(29-9-19(26-27-29)14-3-2-4-15(21)7-14)20(30,10-28-12-24-11-25-28)17-6-5-16(22)8-18(17)23/h2-9,11-13,30H,10H2,1H3/t13-,20-/m1/s1. The largest absolute Gasteiger partial charge is 0.381 e. The molecular formula is C20H17F3N6O. The van der Waals surface area contributed by atoms with Gasteiger partial charge in [0.1, 0.15) is 41.4 Å². The Balaban J connectivity index is 1.75. The van der Waals surface area contributed by atoms with Gasteiger partial charge in [0.05, 0.1) is 18.8 Å². The maximum Gasteiger partial charge on any atom is 0.137 e. The van der Waals surface area contributed by atoms with E-state index in [2.05, 4.69) is 20.4 Å². The average Bonchev–Trinajstić information content (AvgIpc) is 3.39. The van der Waals surface area contributed by atoms with Crippen molar-refractivity contribution in [3.63, 3.8) is 0 Å². The molecule has 0 amide bonds. The number of benzene rings is 2. The third-order valence-corrected chi connectivity index (χ3v) is 4.99. The van der Waals surface area contributed by atoms with Crippen LogP contribution in [0, 0.1) is 17.5 Å². The van der Waals surface area contributed by atoms with E-state index in [1.807, 2.05) is 0 Å². The Morgan fingerprint density at radius 2 is 1.90 bits per heavy atom. The first-order valence-electron chi connectivity index (χ1n) is 9.05. The highest BCUT2D eigenvalue weighted by Gasteiger charge is 2.41. The van der Waals surface area contributed by atoms with E-state index < -0.39 is 29.1 Å². The molecular weight excluding hydrogens is 397 g/mol. The molecule has 0 saturated carbocycles. The molecule has 0 bridgehead atoms. The summed E-state index contributed by atoms with van der Waals surface area (Å²) >= 11 is 0. The van der Waals surface area contributed by atoms with Crippen molar-refractivity contribution in [2.24, 2.45) is 0 Å². The van der Waals surface area contributed by atoms with Crippen molar-refractivity contribution in [3.05, 3.63) is 84.3 Å². The maximum atomic E-state index is 14.6. The van der Waals surface area contributed by atoms with Crippen LogP contribution in [0.3, 0.4) is 0 Å². The minimum absolute atomic E-state index is 0.130. The van der Waals surface area contributed by atoms with Crippen LogP contribution in [0.15, 0.2) is 61.3 Å². The van der Waals surface area contributed by atoms with Crippen molar-refractivity contribution in [2.45, 2.75) is 25.1 Å². The fourth-order valence-corrected chi connectivity index (χ4v) is 3.31. The zero-order chi connectivity index (χ0) is 21.3. The van der Waals surface area contributed by atoms with Gasteiger partial charge in [0.25, 0.3) is 0 Å². The average molecular weight is 414 g/mol. The van der Waals surface area contributed by atoms with Gasteiger partial charge in [-0.15, -0.1) is 5.10 Å². The Bertz CT molecular complexity index is 1160. The highest BCUT2D eigenvalue weighted by atomic mass is 19.1. The molecule has 2 aromatic heterocycles. The van der Waals surface area contributed by atoms with E-state index in [0.29, 0.717) is 17.3 Å². The Labute approximate surface area is 169 Å². The van der Waals surface area contributed by atoms with Gasteiger partial charge in [0.2, 0.25) is 0 Å². The Morgan fingerprint density at radius 1 is 1.10 bits per heavy atom. The normalized spacial score (nSPS) is 14.4. The van der Waals surface area contributed by atoms with Gasteiger partial charge in [-0.3, -0.25) is 0 Å². The summed E-state index contributed by atoms with van der Waals surface area (Å²) in [5, 5.41) is 23.6. The first-order valence-corrected chi connectivity index (χ1v) is 9.05. The SMILES string of the molecule is C[C@@H](n1cc(-c2cccc(F)c2)nn1)[C@](O)(Cn1cncn1)c1ccc(F)cc1F. The zero-order valence-electron chi connectivity index (χ0n) is 15.8. The van der Waals surface area contributed by atoms with Gasteiger partial charge in [0.15, 0.2) is 0 Å². The molecule has 2 aromatic carbocycles. The first-order chi connectivity index (χ1) is 14.4. The summed E-state index contributed by atoms with van der Waals surface area (Å²) in [4.78, 5) is 3.84. The zero-order valence-corrected chi connectivity index (χ0v) is 15.8. The lowest BCUT2D eigenvalue weighted by Gasteiger charge is -2.34. The molecule has 0 radical (unpaired) electrons. The molecule has 0 aliphatic carbocycles. The third kappa shape index (κ3) is 3.69. The summed E-state index contributed by atoms with van der Waals surface area (Å²) in [6.45, 7) is 1.44. The molecule has 0 unspecified atom stereocenters. The van der Waals surface area contributed by atoms with Crippen LogP contribution in [0.1, 0.15) is 18.5 Å². The second kappa shape index (κ2) is 7.71. The van der Waals surface area contributed by atoms with Crippen LogP contribution >= 0.6 is 0 Å². The minimum atomic E-state index is -1.88. The highest BCUT2D eigenvalue weighted by Crippen LogP contribution is 2.36. The molecule has 0 saturated heterocycles. The summed E-state index contributed by atoms with van der Waals surface area (Å²) in [6.07, 6.45) is 4.18. The quantitative estimate of drug-likeness (QED) is 0.524. The second-order valence-corrected chi connectivity index (χ2v) is 6.91. The summed E-state index contributed by atoms with van der Waals surface area (Å²) in [5.41, 5.74) is -1.13. The van der Waals surface area contributed by atoms with Gasteiger partial charge in [-0.1, -0.05) is 23.4 Å². The van der Waals surface area contributed by atoms with Crippen molar-refractivity contribution >= 4 is 0 Å². The molecule has 7 nitrogen and oxygen atoms in total. The number of halogens is 3.